The summed E-state index contributed by atoms with van der Waals surface area (Å²) < 4.78 is 13.9. The van der Waals surface area contributed by atoms with E-state index < -0.39 is 5.82 Å². The quantitative estimate of drug-likeness (QED) is 0.751. The maximum absolute atomic E-state index is 13.1. The van der Waals surface area contributed by atoms with Gasteiger partial charge in [-0.05, 0) is 24.3 Å². The first-order valence-electron chi connectivity index (χ1n) is 5.94. The SMILES string of the molecule is Nc1c(C(=O)Nc2ccc(F)c(Cl)c2)sc2cnccc12. The molecule has 0 aliphatic rings. The van der Waals surface area contributed by atoms with Crippen LogP contribution < -0.4 is 11.1 Å². The van der Waals surface area contributed by atoms with Crippen molar-refractivity contribution in [1.29, 1.82) is 0 Å². The molecule has 1 amide bonds. The number of aromatic nitrogens is 1. The van der Waals surface area contributed by atoms with E-state index in [9.17, 15) is 9.18 Å². The highest BCUT2D eigenvalue weighted by Crippen LogP contribution is 2.33. The van der Waals surface area contributed by atoms with Crippen molar-refractivity contribution in [3.05, 3.63) is 52.4 Å². The number of amides is 1. The first-order chi connectivity index (χ1) is 10.1. The lowest BCUT2D eigenvalue weighted by Gasteiger charge is -2.05. The summed E-state index contributed by atoms with van der Waals surface area (Å²) in [6.07, 6.45) is 3.27. The van der Waals surface area contributed by atoms with E-state index in [0.29, 0.717) is 16.3 Å². The van der Waals surface area contributed by atoms with Crippen molar-refractivity contribution in [2.24, 2.45) is 0 Å². The summed E-state index contributed by atoms with van der Waals surface area (Å²) in [6.45, 7) is 0. The molecule has 0 fully saturated rings. The monoisotopic (exact) mass is 321 g/mol. The molecule has 0 aliphatic heterocycles. The fourth-order valence-electron chi connectivity index (χ4n) is 1.90. The number of carbonyl (C=O) groups is 1. The number of anilines is 2. The van der Waals surface area contributed by atoms with Gasteiger partial charge in [0.2, 0.25) is 0 Å². The summed E-state index contributed by atoms with van der Waals surface area (Å²) in [5.41, 5.74) is 6.79. The molecule has 0 saturated heterocycles. The second kappa shape index (κ2) is 5.31. The van der Waals surface area contributed by atoms with Crippen molar-refractivity contribution in [3.8, 4) is 0 Å². The fourth-order valence-corrected chi connectivity index (χ4v) is 3.07. The standard InChI is InChI=1S/C14H9ClFN3OS/c15-9-5-7(1-2-10(9)16)19-14(20)13-12(17)8-3-4-18-6-11(8)21-13/h1-6H,17H2,(H,19,20). The van der Waals surface area contributed by atoms with Gasteiger partial charge in [-0.1, -0.05) is 11.6 Å². The summed E-state index contributed by atoms with van der Waals surface area (Å²) in [5.74, 6) is -0.904. The molecule has 0 saturated carbocycles. The maximum atomic E-state index is 13.1. The number of carbonyl (C=O) groups excluding carboxylic acids is 1. The number of hydrogen-bond acceptors (Lipinski definition) is 4. The van der Waals surface area contributed by atoms with Crippen LogP contribution in [-0.2, 0) is 0 Å². The highest BCUT2D eigenvalue weighted by molar-refractivity contribution is 7.21. The normalized spacial score (nSPS) is 10.8. The Morgan fingerprint density at radius 1 is 1.38 bits per heavy atom. The zero-order valence-electron chi connectivity index (χ0n) is 10.6. The lowest BCUT2D eigenvalue weighted by molar-refractivity contribution is 0.103. The third-order valence-electron chi connectivity index (χ3n) is 2.92. The zero-order chi connectivity index (χ0) is 15.0. The molecule has 106 valence electrons. The summed E-state index contributed by atoms with van der Waals surface area (Å²) in [7, 11) is 0. The van der Waals surface area contributed by atoms with Gasteiger partial charge in [-0.15, -0.1) is 11.3 Å². The number of rotatable bonds is 2. The van der Waals surface area contributed by atoms with Gasteiger partial charge in [-0.3, -0.25) is 9.78 Å². The average Bonchev–Trinajstić information content (AvgIpc) is 2.81. The lowest BCUT2D eigenvalue weighted by Crippen LogP contribution is -2.12. The largest absolute Gasteiger partial charge is 0.397 e. The van der Waals surface area contributed by atoms with Crippen LogP contribution in [0.3, 0.4) is 0 Å². The Morgan fingerprint density at radius 3 is 2.90 bits per heavy atom. The molecule has 7 heteroatoms. The van der Waals surface area contributed by atoms with Crippen LogP contribution >= 0.6 is 22.9 Å². The Morgan fingerprint density at radius 2 is 2.19 bits per heavy atom. The Kier molecular flexibility index (Phi) is 3.48. The molecule has 21 heavy (non-hydrogen) atoms. The highest BCUT2D eigenvalue weighted by atomic mass is 35.5. The molecule has 0 atom stereocenters. The molecule has 0 aliphatic carbocycles. The molecule has 0 unspecified atom stereocenters. The second-order valence-electron chi connectivity index (χ2n) is 4.30. The van der Waals surface area contributed by atoms with Crippen LogP contribution in [0.2, 0.25) is 5.02 Å². The molecular formula is C14H9ClFN3OS. The minimum Gasteiger partial charge on any atom is -0.397 e. The van der Waals surface area contributed by atoms with Crippen LogP contribution in [0.15, 0.2) is 36.7 Å². The van der Waals surface area contributed by atoms with Gasteiger partial charge in [0, 0.05) is 23.5 Å². The van der Waals surface area contributed by atoms with Crippen molar-refractivity contribution >= 4 is 50.3 Å². The van der Waals surface area contributed by atoms with E-state index in [1.165, 1.54) is 29.5 Å². The number of benzene rings is 1. The summed E-state index contributed by atoms with van der Waals surface area (Å²) >= 11 is 6.93. The number of nitrogens with zero attached hydrogens (tertiary/aromatic N) is 1. The fraction of sp³-hybridized carbons (Fsp3) is 0. The summed E-state index contributed by atoms with van der Waals surface area (Å²) in [4.78, 5) is 16.6. The van der Waals surface area contributed by atoms with Crippen LogP contribution in [0.25, 0.3) is 10.1 Å². The Labute approximate surface area is 128 Å². The van der Waals surface area contributed by atoms with E-state index in [-0.39, 0.29) is 10.9 Å². The highest BCUT2D eigenvalue weighted by Gasteiger charge is 2.16. The molecule has 0 radical (unpaired) electrons. The van der Waals surface area contributed by atoms with Gasteiger partial charge in [0.1, 0.15) is 10.7 Å². The van der Waals surface area contributed by atoms with Crippen molar-refractivity contribution in [2.75, 3.05) is 11.1 Å². The van der Waals surface area contributed by atoms with Gasteiger partial charge in [0.15, 0.2) is 0 Å². The molecule has 3 rings (SSSR count). The van der Waals surface area contributed by atoms with Gasteiger partial charge in [-0.2, -0.15) is 0 Å². The van der Waals surface area contributed by atoms with Gasteiger partial charge in [-0.25, -0.2) is 4.39 Å². The molecular weight excluding hydrogens is 313 g/mol. The minimum absolute atomic E-state index is 0.0543. The van der Waals surface area contributed by atoms with Crippen LogP contribution in [-0.4, -0.2) is 10.9 Å². The van der Waals surface area contributed by atoms with Crippen molar-refractivity contribution in [2.45, 2.75) is 0 Å². The van der Waals surface area contributed by atoms with Gasteiger partial charge >= 0.3 is 0 Å². The number of thiophene rings is 1. The minimum atomic E-state index is -0.540. The van der Waals surface area contributed by atoms with E-state index >= 15 is 0 Å². The lowest BCUT2D eigenvalue weighted by atomic mass is 10.2. The molecule has 4 nitrogen and oxygen atoms in total. The Hall–Kier alpha value is -2.18. The number of halogens is 2. The first-order valence-corrected chi connectivity index (χ1v) is 7.14. The molecule has 2 heterocycles. The van der Waals surface area contributed by atoms with Crippen LogP contribution in [0, 0.1) is 5.82 Å². The first kappa shape index (κ1) is 13.8. The number of hydrogen-bond donors (Lipinski definition) is 2. The summed E-state index contributed by atoms with van der Waals surface area (Å²) in [5, 5.41) is 3.38. The predicted octanol–water partition coefficient (Wildman–Crippen LogP) is 3.92. The molecule has 3 N–H and O–H groups in total. The van der Waals surface area contributed by atoms with Crippen LogP contribution in [0.1, 0.15) is 9.67 Å². The average molecular weight is 322 g/mol. The zero-order valence-corrected chi connectivity index (χ0v) is 12.1. The predicted molar refractivity (Wildman–Crippen MR) is 83.4 cm³/mol. The van der Waals surface area contributed by atoms with Crippen LogP contribution in [0.5, 0.6) is 0 Å². The van der Waals surface area contributed by atoms with E-state index in [4.69, 9.17) is 17.3 Å². The van der Waals surface area contributed by atoms with Crippen molar-refractivity contribution < 1.29 is 9.18 Å². The third kappa shape index (κ3) is 2.55. The Bertz CT molecular complexity index is 849. The van der Waals surface area contributed by atoms with Gasteiger partial charge in [0.25, 0.3) is 5.91 Å². The molecule has 3 aromatic rings. The third-order valence-corrected chi connectivity index (χ3v) is 4.36. The van der Waals surface area contributed by atoms with E-state index in [0.717, 1.165) is 10.1 Å². The smallest absolute Gasteiger partial charge is 0.267 e. The van der Waals surface area contributed by atoms with Crippen LogP contribution in [0.4, 0.5) is 15.8 Å². The van der Waals surface area contributed by atoms with Gasteiger partial charge < -0.3 is 11.1 Å². The number of nitrogens with two attached hydrogens (primary N) is 1. The number of nitrogen functional groups attached to an aromatic ring is 1. The van der Waals surface area contributed by atoms with E-state index in [1.54, 1.807) is 18.5 Å². The molecule has 0 bridgehead atoms. The number of fused-ring (bicyclic) bond motifs is 1. The number of nitrogens with one attached hydrogen (secondary N) is 1. The van der Waals surface area contributed by atoms with E-state index in [2.05, 4.69) is 10.3 Å². The summed E-state index contributed by atoms with van der Waals surface area (Å²) in [6, 6.07) is 5.73. The second-order valence-corrected chi connectivity index (χ2v) is 5.76. The number of pyridine rings is 1. The maximum Gasteiger partial charge on any atom is 0.267 e. The Balaban J connectivity index is 1.93. The molecule has 2 aromatic heterocycles. The molecule has 0 spiro atoms. The topological polar surface area (TPSA) is 68.0 Å². The van der Waals surface area contributed by atoms with Crippen molar-refractivity contribution in [3.63, 3.8) is 0 Å². The van der Waals surface area contributed by atoms with Gasteiger partial charge in [0.05, 0.1) is 15.4 Å². The van der Waals surface area contributed by atoms with E-state index in [1.807, 2.05) is 0 Å². The molecule has 1 aromatic carbocycles. The van der Waals surface area contributed by atoms with Crippen molar-refractivity contribution in [1.82, 2.24) is 4.98 Å².